The zero-order valence-corrected chi connectivity index (χ0v) is 12.4. The lowest BCUT2D eigenvalue weighted by Crippen LogP contribution is -2.40. The van der Waals surface area contributed by atoms with Crippen molar-refractivity contribution in [1.82, 2.24) is 0 Å². The van der Waals surface area contributed by atoms with Gasteiger partial charge in [0, 0.05) is 5.56 Å². The molecule has 1 unspecified atom stereocenters. The van der Waals surface area contributed by atoms with Crippen molar-refractivity contribution < 1.29 is 14.6 Å². The van der Waals surface area contributed by atoms with Crippen LogP contribution in [-0.4, -0.2) is 23.3 Å². The van der Waals surface area contributed by atoms with Gasteiger partial charge in [0.05, 0.1) is 6.10 Å². The smallest absolute Gasteiger partial charge is 0.220 e. The van der Waals surface area contributed by atoms with Crippen LogP contribution in [0.1, 0.15) is 55.3 Å². The highest BCUT2D eigenvalue weighted by molar-refractivity contribution is 5.98. The van der Waals surface area contributed by atoms with Gasteiger partial charge < -0.3 is 9.84 Å². The largest absolute Gasteiger partial charge is 0.362 e. The lowest BCUT2D eigenvalue weighted by atomic mass is 9.69. The number of carbonyl (C=O) groups is 1. The maximum Gasteiger partial charge on any atom is 0.220 e. The molecule has 21 heavy (non-hydrogen) atoms. The molecule has 0 saturated heterocycles. The maximum atomic E-state index is 12.2. The number of ketones is 1. The Kier molecular flexibility index (Phi) is 4.71. The van der Waals surface area contributed by atoms with E-state index >= 15 is 0 Å². The first kappa shape index (κ1) is 14.7. The fraction of sp³-hybridized carbons (Fsp3) is 0.611. The predicted octanol–water partition coefficient (Wildman–Crippen LogP) is 3.56. The van der Waals surface area contributed by atoms with E-state index in [4.69, 9.17) is 4.74 Å². The molecule has 1 aromatic carbocycles. The molecule has 3 rings (SSSR count). The lowest BCUT2D eigenvalue weighted by molar-refractivity contribution is -0.147. The van der Waals surface area contributed by atoms with E-state index in [9.17, 15) is 9.90 Å². The molecule has 0 bridgehead atoms. The van der Waals surface area contributed by atoms with Crippen molar-refractivity contribution in [3.63, 3.8) is 0 Å². The van der Waals surface area contributed by atoms with Crippen molar-refractivity contribution in [1.29, 1.82) is 0 Å². The van der Waals surface area contributed by atoms with Crippen LogP contribution in [0.25, 0.3) is 0 Å². The van der Waals surface area contributed by atoms with E-state index in [0.717, 1.165) is 18.8 Å². The second-order valence-electron chi connectivity index (χ2n) is 6.40. The van der Waals surface area contributed by atoms with Crippen LogP contribution in [0, 0.1) is 11.8 Å². The lowest BCUT2D eigenvalue weighted by Gasteiger charge is -2.41. The Balaban J connectivity index is 1.63. The Morgan fingerprint density at radius 2 is 1.76 bits per heavy atom. The normalized spacial score (nSPS) is 30.4. The molecule has 0 radical (unpaired) electrons. The Morgan fingerprint density at radius 1 is 1.05 bits per heavy atom. The molecule has 2 saturated carbocycles. The second kappa shape index (κ2) is 6.71. The molecule has 1 N–H and O–H groups in total. The van der Waals surface area contributed by atoms with Crippen molar-refractivity contribution >= 4 is 5.78 Å². The summed E-state index contributed by atoms with van der Waals surface area (Å²) >= 11 is 0. The zero-order chi connectivity index (χ0) is 14.7. The molecule has 0 aliphatic heterocycles. The Hall–Kier alpha value is -1.19. The van der Waals surface area contributed by atoms with E-state index in [1.165, 1.54) is 32.1 Å². The van der Waals surface area contributed by atoms with Crippen LogP contribution in [0.5, 0.6) is 0 Å². The van der Waals surface area contributed by atoms with Crippen molar-refractivity contribution in [3.05, 3.63) is 35.9 Å². The highest BCUT2D eigenvalue weighted by Crippen LogP contribution is 2.42. The third-order valence-corrected chi connectivity index (χ3v) is 5.10. The molecular formula is C18H24O3. The molecule has 114 valence electrons. The summed E-state index contributed by atoms with van der Waals surface area (Å²) in [5.74, 6) is 0.941. The number of hydrogen-bond donors (Lipinski definition) is 1. The van der Waals surface area contributed by atoms with Gasteiger partial charge in [-0.15, -0.1) is 0 Å². The second-order valence-corrected chi connectivity index (χ2v) is 6.40. The summed E-state index contributed by atoms with van der Waals surface area (Å²) in [4.78, 5) is 12.2. The van der Waals surface area contributed by atoms with Gasteiger partial charge in [-0.3, -0.25) is 4.79 Å². The van der Waals surface area contributed by atoms with Crippen molar-refractivity contribution in [3.8, 4) is 0 Å². The van der Waals surface area contributed by atoms with E-state index in [1.54, 1.807) is 24.3 Å². The van der Waals surface area contributed by atoms with Gasteiger partial charge in [-0.25, -0.2) is 0 Å². The Labute approximate surface area is 126 Å². The number of rotatable bonds is 4. The first-order valence-electron chi connectivity index (χ1n) is 8.18. The number of Topliss-reactive ketones (excluding diaryl/α,β-unsaturated/α-hetero) is 1. The van der Waals surface area contributed by atoms with Gasteiger partial charge in [0.15, 0.2) is 0 Å². The topological polar surface area (TPSA) is 46.5 Å². The van der Waals surface area contributed by atoms with Gasteiger partial charge in [0.1, 0.15) is 0 Å². The number of ether oxygens (including phenoxy) is 1. The van der Waals surface area contributed by atoms with E-state index in [0.29, 0.717) is 11.5 Å². The maximum absolute atomic E-state index is 12.2. The summed E-state index contributed by atoms with van der Waals surface area (Å²) in [7, 11) is 0. The SMILES string of the molecule is O=C(c1ccccc1)[C@@H](O)OC1CCC[C@H]2CCCC[C@@H]12. The number of fused-ring (bicyclic) bond motifs is 1. The summed E-state index contributed by atoms with van der Waals surface area (Å²) < 4.78 is 5.78. The van der Waals surface area contributed by atoms with Crippen molar-refractivity contribution in [2.75, 3.05) is 0 Å². The van der Waals surface area contributed by atoms with Gasteiger partial charge >= 0.3 is 0 Å². The minimum atomic E-state index is -1.32. The first-order valence-corrected chi connectivity index (χ1v) is 8.18. The highest BCUT2D eigenvalue weighted by atomic mass is 16.6. The minimum Gasteiger partial charge on any atom is -0.362 e. The molecule has 1 aromatic rings. The van der Waals surface area contributed by atoms with Crippen LogP contribution >= 0.6 is 0 Å². The molecule has 3 heteroatoms. The summed E-state index contributed by atoms with van der Waals surface area (Å²) in [5.41, 5.74) is 0.515. The average Bonchev–Trinajstić information content (AvgIpc) is 2.55. The fourth-order valence-electron chi connectivity index (χ4n) is 4.02. The average molecular weight is 288 g/mol. The molecule has 0 aromatic heterocycles. The molecule has 0 spiro atoms. The van der Waals surface area contributed by atoms with E-state index in [2.05, 4.69) is 0 Å². The van der Waals surface area contributed by atoms with E-state index in [1.807, 2.05) is 6.07 Å². The van der Waals surface area contributed by atoms with E-state index < -0.39 is 6.29 Å². The quantitative estimate of drug-likeness (QED) is 0.680. The molecule has 2 aliphatic carbocycles. The van der Waals surface area contributed by atoms with Gasteiger partial charge in [-0.1, -0.05) is 56.0 Å². The zero-order valence-electron chi connectivity index (χ0n) is 12.4. The molecule has 2 fully saturated rings. The van der Waals surface area contributed by atoms with E-state index in [-0.39, 0.29) is 11.9 Å². The third kappa shape index (κ3) is 3.35. The Morgan fingerprint density at radius 3 is 2.57 bits per heavy atom. The number of hydrogen-bond acceptors (Lipinski definition) is 3. The number of aliphatic hydroxyl groups excluding tert-OH is 1. The molecule has 0 heterocycles. The number of benzene rings is 1. The third-order valence-electron chi connectivity index (χ3n) is 5.10. The van der Waals surface area contributed by atoms with Crippen molar-refractivity contribution in [2.24, 2.45) is 11.8 Å². The van der Waals surface area contributed by atoms with Crippen LogP contribution in [0.4, 0.5) is 0 Å². The summed E-state index contributed by atoms with van der Waals surface area (Å²) in [5, 5.41) is 10.1. The van der Waals surface area contributed by atoms with Crippen LogP contribution in [0.3, 0.4) is 0 Å². The monoisotopic (exact) mass is 288 g/mol. The van der Waals surface area contributed by atoms with Crippen LogP contribution in [-0.2, 0) is 4.74 Å². The molecule has 3 nitrogen and oxygen atoms in total. The highest BCUT2D eigenvalue weighted by Gasteiger charge is 2.37. The first-order chi connectivity index (χ1) is 10.3. The van der Waals surface area contributed by atoms with Crippen molar-refractivity contribution in [2.45, 2.75) is 57.3 Å². The standard InChI is InChI=1S/C18H24O3/c19-17(14-8-2-1-3-9-14)18(20)21-16-12-6-10-13-7-4-5-11-15(13)16/h1-3,8-9,13,15-16,18,20H,4-7,10-12H2/t13-,15-,16?,18+/m1/s1. The van der Waals surface area contributed by atoms with Crippen LogP contribution in [0.2, 0.25) is 0 Å². The predicted molar refractivity (Wildman–Crippen MR) is 81.0 cm³/mol. The summed E-state index contributed by atoms with van der Waals surface area (Å²) in [6.45, 7) is 0. The number of carbonyl (C=O) groups excluding carboxylic acids is 1. The van der Waals surface area contributed by atoms with Gasteiger partial charge in [-0.2, -0.15) is 0 Å². The van der Waals surface area contributed by atoms with Gasteiger partial charge in [0.25, 0.3) is 0 Å². The van der Waals surface area contributed by atoms with Gasteiger partial charge in [-0.05, 0) is 31.1 Å². The van der Waals surface area contributed by atoms with Crippen LogP contribution < -0.4 is 0 Å². The Bertz CT molecular complexity index is 469. The minimum absolute atomic E-state index is 0.0479. The van der Waals surface area contributed by atoms with Crippen LogP contribution in [0.15, 0.2) is 30.3 Å². The molecule has 2 aliphatic rings. The molecule has 4 atom stereocenters. The molecular weight excluding hydrogens is 264 g/mol. The summed E-state index contributed by atoms with van der Waals surface area (Å²) in [6, 6.07) is 8.91. The fourth-order valence-corrected chi connectivity index (χ4v) is 4.02. The number of aliphatic hydroxyl groups is 1. The van der Waals surface area contributed by atoms with Gasteiger partial charge in [0.2, 0.25) is 12.1 Å². The summed E-state index contributed by atoms with van der Waals surface area (Å²) in [6.07, 6.45) is 7.17. The molecule has 0 amide bonds.